The van der Waals surface area contributed by atoms with Gasteiger partial charge in [0, 0.05) is 38.2 Å². The van der Waals surface area contributed by atoms with Crippen molar-refractivity contribution in [3.05, 3.63) is 0 Å². The fraction of sp³-hybridized carbons (Fsp3) is 0.833. The Bertz CT molecular complexity index is 310. The third-order valence-corrected chi connectivity index (χ3v) is 4.52. The van der Waals surface area contributed by atoms with Crippen LogP contribution in [0, 0.1) is 5.92 Å². The first-order chi connectivity index (χ1) is 8.66. The summed E-state index contributed by atoms with van der Waals surface area (Å²) in [6.07, 6.45) is 1.98. The maximum atomic E-state index is 12.2. The Morgan fingerprint density at radius 3 is 2.67 bits per heavy atom. The molecule has 102 valence electrons. The summed E-state index contributed by atoms with van der Waals surface area (Å²) in [5.74, 6) is 2.57. The fourth-order valence-corrected chi connectivity index (χ4v) is 3.35. The number of hydrogen-bond acceptors (Lipinski definition) is 4. The molecule has 0 aromatic heterocycles. The molecule has 0 aromatic rings. The average molecular weight is 271 g/mol. The minimum absolute atomic E-state index is 0.0156. The van der Waals surface area contributed by atoms with Gasteiger partial charge in [-0.2, -0.15) is 0 Å². The first kappa shape index (κ1) is 13.7. The quantitative estimate of drug-likeness (QED) is 0.760. The lowest BCUT2D eigenvalue weighted by Crippen LogP contribution is -2.48. The molecule has 2 N–H and O–H groups in total. The van der Waals surface area contributed by atoms with Gasteiger partial charge in [0.15, 0.2) is 0 Å². The normalized spacial score (nSPS) is 25.2. The molecule has 6 heteroatoms. The summed E-state index contributed by atoms with van der Waals surface area (Å²) in [4.78, 5) is 25.0. The van der Waals surface area contributed by atoms with Crippen molar-refractivity contribution in [1.82, 2.24) is 15.5 Å². The van der Waals surface area contributed by atoms with Gasteiger partial charge in [-0.3, -0.25) is 14.9 Å². The largest absolute Gasteiger partial charge is 0.356 e. The topological polar surface area (TPSA) is 61.4 Å². The number of nitrogens with zero attached hydrogens (tertiary/aromatic N) is 1. The first-order valence-electron chi connectivity index (χ1n) is 6.51. The summed E-state index contributed by atoms with van der Waals surface area (Å²) in [5, 5.41) is 6.08. The molecule has 2 amide bonds. The van der Waals surface area contributed by atoms with Crippen LogP contribution < -0.4 is 10.6 Å². The number of nitrogens with one attached hydrogen (secondary N) is 2. The van der Waals surface area contributed by atoms with Gasteiger partial charge in [-0.1, -0.05) is 0 Å². The van der Waals surface area contributed by atoms with E-state index in [9.17, 15) is 9.59 Å². The Kier molecular flexibility index (Phi) is 4.88. The molecule has 1 unspecified atom stereocenters. The Morgan fingerprint density at radius 2 is 2.11 bits per heavy atom. The molecule has 0 bridgehead atoms. The third kappa shape index (κ3) is 3.62. The van der Waals surface area contributed by atoms with Crippen LogP contribution >= 0.6 is 11.8 Å². The summed E-state index contributed by atoms with van der Waals surface area (Å²) in [6, 6.07) is 0.0156. The highest BCUT2D eigenvalue weighted by Crippen LogP contribution is 2.19. The van der Waals surface area contributed by atoms with E-state index in [1.54, 1.807) is 18.7 Å². The van der Waals surface area contributed by atoms with Gasteiger partial charge < -0.3 is 10.2 Å². The van der Waals surface area contributed by atoms with Crippen molar-refractivity contribution in [3.8, 4) is 0 Å². The maximum absolute atomic E-state index is 12.2. The van der Waals surface area contributed by atoms with Gasteiger partial charge in [0.2, 0.25) is 11.8 Å². The van der Waals surface area contributed by atoms with Crippen molar-refractivity contribution in [2.24, 2.45) is 5.92 Å². The van der Waals surface area contributed by atoms with Crippen molar-refractivity contribution in [2.75, 3.05) is 31.3 Å². The Hall–Kier alpha value is -0.750. The average Bonchev–Trinajstić information content (AvgIpc) is 2.90. The predicted octanol–water partition coefficient (Wildman–Crippen LogP) is 0.0236. The van der Waals surface area contributed by atoms with E-state index in [1.807, 2.05) is 4.90 Å². The second kappa shape index (κ2) is 6.43. The minimum atomic E-state index is 0.0156. The molecule has 18 heavy (non-hydrogen) atoms. The summed E-state index contributed by atoms with van der Waals surface area (Å²) in [5.41, 5.74) is 0. The Labute approximate surface area is 112 Å². The van der Waals surface area contributed by atoms with Gasteiger partial charge in [0.1, 0.15) is 0 Å². The third-order valence-electron chi connectivity index (χ3n) is 3.58. The molecule has 5 nitrogen and oxygen atoms in total. The monoisotopic (exact) mass is 271 g/mol. The van der Waals surface area contributed by atoms with Crippen molar-refractivity contribution in [2.45, 2.75) is 25.8 Å². The van der Waals surface area contributed by atoms with Crippen LogP contribution in [0.15, 0.2) is 0 Å². The molecular formula is C12H21N3O2S. The SMILES string of the molecule is CC(=O)NCC1CCN(C(=O)C2CSCN2)CC1. The highest BCUT2D eigenvalue weighted by atomic mass is 32.2. The van der Waals surface area contributed by atoms with Crippen molar-refractivity contribution < 1.29 is 9.59 Å². The van der Waals surface area contributed by atoms with Crippen molar-refractivity contribution >= 4 is 23.6 Å². The highest BCUT2D eigenvalue weighted by molar-refractivity contribution is 7.99. The van der Waals surface area contributed by atoms with Gasteiger partial charge in [0.25, 0.3) is 0 Å². The van der Waals surface area contributed by atoms with Crippen LogP contribution in [0.5, 0.6) is 0 Å². The minimum Gasteiger partial charge on any atom is -0.356 e. The second-order valence-electron chi connectivity index (χ2n) is 4.98. The van der Waals surface area contributed by atoms with E-state index in [4.69, 9.17) is 0 Å². The van der Waals surface area contributed by atoms with E-state index in [1.165, 1.54) is 0 Å². The van der Waals surface area contributed by atoms with Crippen LogP contribution in [-0.4, -0.2) is 54.0 Å². The van der Waals surface area contributed by atoms with Crippen LogP contribution in [0.1, 0.15) is 19.8 Å². The van der Waals surface area contributed by atoms with Crippen LogP contribution in [0.4, 0.5) is 0 Å². The Morgan fingerprint density at radius 1 is 1.39 bits per heavy atom. The van der Waals surface area contributed by atoms with E-state index in [2.05, 4.69) is 10.6 Å². The van der Waals surface area contributed by atoms with Crippen LogP contribution in [0.25, 0.3) is 0 Å². The molecule has 0 spiro atoms. The first-order valence-corrected chi connectivity index (χ1v) is 7.66. The number of amides is 2. The molecule has 2 rings (SSSR count). The number of hydrogen-bond donors (Lipinski definition) is 2. The van der Waals surface area contributed by atoms with Gasteiger partial charge in [-0.25, -0.2) is 0 Å². The number of likely N-dealkylation sites (tertiary alicyclic amines) is 1. The van der Waals surface area contributed by atoms with Gasteiger partial charge in [-0.15, -0.1) is 11.8 Å². The lowest BCUT2D eigenvalue weighted by molar-refractivity contribution is -0.134. The highest BCUT2D eigenvalue weighted by Gasteiger charge is 2.29. The van der Waals surface area contributed by atoms with Gasteiger partial charge >= 0.3 is 0 Å². The zero-order chi connectivity index (χ0) is 13.0. The molecule has 2 fully saturated rings. The summed E-state index contributed by atoms with van der Waals surface area (Å²) < 4.78 is 0. The van der Waals surface area contributed by atoms with E-state index >= 15 is 0 Å². The molecule has 2 aliphatic rings. The Balaban J connectivity index is 1.72. The molecule has 0 radical (unpaired) electrons. The van der Waals surface area contributed by atoms with Crippen molar-refractivity contribution in [3.63, 3.8) is 0 Å². The van der Waals surface area contributed by atoms with Crippen molar-refractivity contribution in [1.29, 1.82) is 0 Å². The lowest BCUT2D eigenvalue weighted by Gasteiger charge is -2.33. The summed E-state index contributed by atoms with van der Waals surface area (Å²) in [6.45, 7) is 3.94. The maximum Gasteiger partial charge on any atom is 0.240 e. The molecular weight excluding hydrogens is 250 g/mol. The fourth-order valence-electron chi connectivity index (χ4n) is 2.42. The zero-order valence-electron chi connectivity index (χ0n) is 10.8. The number of rotatable bonds is 3. The van der Waals surface area contributed by atoms with E-state index in [0.29, 0.717) is 5.92 Å². The number of thioether (sulfide) groups is 1. The standard InChI is InChI=1S/C12H21N3O2S/c1-9(16)13-6-10-2-4-15(5-3-10)12(17)11-7-18-8-14-11/h10-11,14H,2-8H2,1H3,(H,13,16). The van der Waals surface area contributed by atoms with Crippen LogP contribution in [0.2, 0.25) is 0 Å². The molecule has 2 heterocycles. The van der Waals surface area contributed by atoms with E-state index in [0.717, 1.165) is 44.1 Å². The van der Waals surface area contributed by atoms with Gasteiger partial charge in [-0.05, 0) is 18.8 Å². The van der Waals surface area contributed by atoms with E-state index in [-0.39, 0.29) is 17.9 Å². The predicted molar refractivity (Wildman–Crippen MR) is 72.2 cm³/mol. The van der Waals surface area contributed by atoms with Crippen LogP contribution in [0.3, 0.4) is 0 Å². The molecule has 0 aliphatic carbocycles. The molecule has 0 saturated carbocycles. The molecule has 1 atom stereocenters. The number of carbonyl (C=O) groups is 2. The zero-order valence-corrected chi connectivity index (χ0v) is 11.6. The summed E-state index contributed by atoms with van der Waals surface area (Å²) in [7, 11) is 0. The molecule has 2 aliphatic heterocycles. The summed E-state index contributed by atoms with van der Waals surface area (Å²) >= 11 is 1.78. The second-order valence-corrected chi connectivity index (χ2v) is 6.01. The van der Waals surface area contributed by atoms with Crippen LogP contribution in [-0.2, 0) is 9.59 Å². The van der Waals surface area contributed by atoms with Gasteiger partial charge in [0.05, 0.1) is 6.04 Å². The molecule has 0 aromatic carbocycles. The van der Waals surface area contributed by atoms with E-state index < -0.39 is 0 Å². The number of piperidine rings is 1. The number of carbonyl (C=O) groups excluding carboxylic acids is 2. The molecule has 2 saturated heterocycles. The lowest BCUT2D eigenvalue weighted by atomic mass is 9.96. The smallest absolute Gasteiger partial charge is 0.240 e.